The van der Waals surface area contributed by atoms with Crippen LogP contribution in [0.25, 0.3) is 11.1 Å². The zero-order chi connectivity index (χ0) is 23.0. The van der Waals surface area contributed by atoms with E-state index in [0.29, 0.717) is 16.8 Å². The van der Waals surface area contributed by atoms with Crippen molar-refractivity contribution < 1.29 is 19.9 Å². The fourth-order valence-electron chi connectivity index (χ4n) is 3.73. The molecule has 160 valence electrons. The fraction of sp³-hybridized carbons (Fsp3) is 0.0952. The normalized spacial score (nSPS) is 13.0. The van der Waals surface area contributed by atoms with Gasteiger partial charge < -0.3 is 5.11 Å². The molecule has 0 saturated heterocycles. The standard InChI is InChI=1S/C21H14N4O7/c26-8-7-12-3-1-2-4-18(12)22-21-16-9-13(23(27)28)5-6-15(16)20-17(21)10-14(24(29)30)11-19(20)25(31)32/h1-6,9-11,26H,7-8H2/b22-21+. The Bertz CT molecular complexity index is 1330. The molecule has 32 heavy (non-hydrogen) atoms. The van der Waals surface area contributed by atoms with Gasteiger partial charge in [-0.3, -0.25) is 30.3 Å². The van der Waals surface area contributed by atoms with Crippen molar-refractivity contribution in [3.63, 3.8) is 0 Å². The Morgan fingerprint density at radius 1 is 0.781 bits per heavy atom. The van der Waals surface area contributed by atoms with Crippen LogP contribution in [0.1, 0.15) is 16.7 Å². The Kier molecular flexibility index (Phi) is 5.16. The molecule has 0 unspecified atom stereocenters. The molecular formula is C21H14N4O7. The van der Waals surface area contributed by atoms with Crippen LogP contribution in [0.3, 0.4) is 0 Å². The average molecular weight is 434 g/mol. The minimum Gasteiger partial charge on any atom is -0.396 e. The van der Waals surface area contributed by atoms with Gasteiger partial charge in [-0.05, 0) is 29.7 Å². The zero-order valence-corrected chi connectivity index (χ0v) is 16.3. The first-order valence-corrected chi connectivity index (χ1v) is 9.35. The lowest BCUT2D eigenvalue weighted by Gasteiger charge is -2.07. The molecule has 0 heterocycles. The van der Waals surface area contributed by atoms with E-state index < -0.39 is 26.1 Å². The van der Waals surface area contributed by atoms with Gasteiger partial charge >= 0.3 is 0 Å². The molecule has 0 aliphatic heterocycles. The first-order valence-electron chi connectivity index (χ1n) is 9.35. The van der Waals surface area contributed by atoms with Crippen LogP contribution in [0.5, 0.6) is 0 Å². The minimum atomic E-state index is -0.740. The number of nitro benzene ring substituents is 3. The van der Waals surface area contributed by atoms with Gasteiger partial charge in [0.25, 0.3) is 17.1 Å². The van der Waals surface area contributed by atoms with Crippen molar-refractivity contribution in [2.75, 3.05) is 6.61 Å². The third kappa shape index (κ3) is 3.46. The molecular weight excluding hydrogens is 420 g/mol. The number of benzene rings is 3. The van der Waals surface area contributed by atoms with E-state index in [4.69, 9.17) is 0 Å². The van der Waals surface area contributed by atoms with Crippen molar-refractivity contribution in [2.24, 2.45) is 4.99 Å². The van der Waals surface area contributed by atoms with E-state index in [0.717, 1.165) is 6.07 Å². The van der Waals surface area contributed by atoms with Gasteiger partial charge in [-0.1, -0.05) is 18.2 Å². The van der Waals surface area contributed by atoms with E-state index in [9.17, 15) is 35.4 Å². The van der Waals surface area contributed by atoms with Crippen molar-refractivity contribution in [3.8, 4) is 11.1 Å². The second-order valence-electron chi connectivity index (χ2n) is 6.95. The smallest absolute Gasteiger partial charge is 0.284 e. The summed E-state index contributed by atoms with van der Waals surface area (Å²) >= 11 is 0. The maximum atomic E-state index is 11.7. The summed E-state index contributed by atoms with van der Waals surface area (Å²) in [5.74, 6) is 0. The molecule has 1 aliphatic carbocycles. The number of aliphatic hydroxyl groups excluding tert-OH is 1. The van der Waals surface area contributed by atoms with E-state index >= 15 is 0 Å². The molecule has 0 spiro atoms. The summed E-state index contributed by atoms with van der Waals surface area (Å²) in [6.45, 7) is -0.141. The first-order chi connectivity index (χ1) is 15.3. The van der Waals surface area contributed by atoms with Gasteiger partial charge in [-0.25, -0.2) is 4.99 Å². The maximum absolute atomic E-state index is 11.7. The minimum absolute atomic E-state index is 0.115. The second kappa shape index (κ2) is 7.96. The molecule has 3 aromatic rings. The molecule has 1 aliphatic rings. The number of nitro groups is 3. The zero-order valence-electron chi connectivity index (χ0n) is 16.3. The molecule has 0 atom stereocenters. The molecule has 11 nitrogen and oxygen atoms in total. The quantitative estimate of drug-likeness (QED) is 0.353. The SMILES string of the molecule is O=[N+]([O-])c1ccc2c(c1)/C(=N\c1ccccc1CCO)c1cc([N+](=O)[O-])cc([N+](=O)[O-])c1-2. The molecule has 0 saturated carbocycles. The highest BCUT2D eigenvalue weighted by atomic mass is 16.6. The van der Waals surface area contributed by atoms with Crippen molar-refractivity contribution in [2.45, 2.75) is 6.42 Å². The third-order valence-corrected chi connectivity index (χ3v) is 5.11. The van der Waals surface area contributed by atoms with Gasteiger partial charge in [0.1, 0.15) is 0 Å². The van der Waals surface area contributed by atoms with Crippen LogP contribution >= 0.6 is 0 Å². The summed E-state index contributed by atoms with van der Waals surface area (Å²) in [6, 6.07) is 12.8. The maximum Gasteiger partial charge on any atom is 0.284 e. The Morgan fingerprint density at radius 3 is 2.12 bits per heavy atom. The topological polar surface area (TPSA) is 162 Å². The summed E-state index contributed by atoms with van der Waals surface area (Å²) in [6.07, 6.45) is 0.288. The van der Waals surface area contributed by atoms with Gasteiger partial charge in [0, 0.05) is 35.9 Å². The average Bonchev–Trinajstić information content (AvgIpc) is 3.07. The van der Waals surface area contributed by atoms with Crippen LogP contribution in [0.4, 0.5) is 22.7 Å². The van der Waals surface area contributed by atoms with E-state index in [2.05, 4.69) is 4.99 Å². The van der Waals surface area contributed by atoms with Gasteiger partial charge in [0.2, 0.25) is 0 Å². The number of fused-ring (bicyclic) bond motifs is 3. The molecule has 0 bridgehead atoms. The Hall–Kier alpha value is -4.51. The lowest BCUT2D eigenvalue weighted by atomic mass is 10.0. The van der Waals surface area contributed by atoms with Gasteiger partial charge in [-0.2, -0.15) is 0 Å². The van der Waals surface area contributed by atoms with Crippen LogP contribution < -0.4 is 0 Å². The van der Waals surface area contributed by atoms with Crippen molar-refractivity contribution in [1.82, 2.24) is 0 Å². The first kappa shape index (κ1) is 20.8. The molecule has 1 N–H and O–H groups in total. The highest BCUT2D eigenvalue weighted by Crippen LogP contribution is 2.46. The van der Waals surface area contributed by atoms with Crippen LogP contribution in [-0.4, -0.2) is 32.2 Å². The summed E-state index contributed by atoms with van der Waals surface area (Å²) in [5.41, 5.74) is 0.887. The van der Waals surface area contributed by atoms with Gasteiger partial charge in [0.05, 0.1) is 37.8 Å². The van der Waals surface area contributed by atoms with Gasteiger partial charge in [-0.15, -0.1) is 0 Å². The lowest BCUT2D eigenvalue weighted by Crippen LogP contribution is -2.02. The molecule has 0 fully saturated rings. The number of non-ortho nitro benzene ring substituents is 2. The second-order valence-corrected chi connectivity index (χ2v) is 6.95. The Balaban J connectivity index is 2.08. The highest BCUT2D eigenvalue weighted by molar-refractivity contribution is 6.27. The molecule has 11 heteroatoms. The summed E-state index contributed by atoms with van der Waals surface area (Å²) in [4.78, 5) is 37.0. The van der Waals surface area contributed by atoms with Gasteiger partial charge in [0.15, 0.2) is 0 Å². The number of hydrogen-bond donors (Lipinski definition) is 1. The van der Waals surface area contributed by atoms with Crippen molar-refractivity contribution >= 4 is 28.5 Å². The largest absolute Gasteiger partial charge is 0.396 e. The van der Waals surface area contributed by atoms with Crippen LogP contribution in [0.15, 0.2) is 59.6 Å². The van der Waals surface area contributed by atoms with E-state index in [1.54, 1.807) is 24.3 Å². The molecule has 3 aromatic carbocycles. The fourth-order valence-corrected chi connectivity index (χ4v) is 3.73. The van der Waals surface area contributed by atoms with Crippen LogP contribution in [0.2, 0.25) is 0 Å². The molecule has 4 rings (SSSR count). The number of rotatable bonds is 6. The molecule has 0 amide bonds. The summed E-state index contributed by atoms with van der Waals surface area (Å²) in [7, 11) is 0. The van der Waals surface area contributed by atoms with E-state index in [-0.39, 0.29) is 41.1 Å². The summed E-state index contributed by atoms with van der Waals surface area (Å²) in [5, 5.41) is 43.8. The van der Waals surface area contributed by atoms with Crippen LogP contribution in [0, 0.1) is 30.3 Å². The molecule has 0 aromatic heterocycles. The third-order valence-electron chi connectivity index (χ3n) is 5.11. The lowest BCUT2D eigenvalue weighted by molar-refractivity contribution is -0.393. The number of aliphatic hydroxyl groups is 1. The van der Waals surface area contributed by atoms with Crippen molar-refractivity contribution in [3.05, 3.63) is 102 Å². The van der Waals surface area contributed by atoms with Crippen molar-refractivity contribution in [1.29, 1.82) is 0 Å². The predicted octanol–water partition coefficient (Wildman–Crippen LogP) is 4.10. The number of aliphatic imine (C=N–C) groups is 1. The monoisotopic (exact) mass is 434 g/mol. The van der Waals surface area contributed by atoms with E-state index in [1.165, 1.54) is 24.3 Å². The Morgan fingerprint density at radius 2 is 1.47 bits per heavy atom. The van der Waals surface area contributed by atoms with Crippen LogP contribution in [-0.2, 0) is 6.42 Å². The highest BCUT2D eigenvalue weighted by Gasteiger charge is 2.36. The number of para-hydroxylation sites is 1. The summed E-state index contributed by atoms with van der Waals surface area (Å²) < 4.78 is 0. The Labute approximate surface area is 179 Å². The predicted molar refractivity (Wildman–Crippen MR) is 114 cm³/mol. The molecule has 0 radical (unpaired) electrons. The number of nitrogens with zero attached hydrogens (tertiary/aromatic N) is 4. The number of hydrogen-bond acceptors (Lipinski definition) is 8. The van der Waals surface area contributed by atoms with E-state index in [1.807, 2.05) is 0 Å².